The van der Waals surface area contributed by atoms with Crippen LogP contribution in [0.15, 0.2) is 53.8 Å². The summed E-state index contributed by atoms with van der Waals surface area (Å²) in [6, 6.07) is 12.8. The Bertz CT molecular complexity index is 1060. The van der Waals surface area contributed by atoms with Gasteiger partial charge in [0.2, 0.25) is 5.91 Å². The molecule has 1 aromatic heterocycles. The van der Waals surface area contributed by atoms with Crippen molar-refractivity contribution in [2.24, 2.45) is 11.0 Å². The van der Waals surface area contributed by atoms with Crippen molar-refractivity contribution in [2.45, 2.75) is 13.3 Å². The van der Waals surface area contributed by atoms with Crippen molar-refractivity contribution in [3.05, 3.63) is 59.8 Å². The van der Waals surface area contributed by atoms with Crippen LogP contribution in [0.1, 0.15) is 29.3 Å². The predicted molar refractivity (Wildman–Crippen MR) is 112 cm³/mol. The quantitative estimate of drug-likeness (QED) is 0.348. The monoisotopic (exact) mass is 393 g/mol. The summed E-state index contributed by atoms with van der Waals surface area (Å²) in [6.07, 6.45) is 3.47. The number of amides is 1. The summed E-state index contributed by atoms with van der Waals surface area (Å²) in [5, 5.41) is 5.04. The van der Waals surface area contributed by atoms with Gasteiger partial charge in [0, 0.05) is 40.6 Å². The fraction of sp³-hybridized carbons (Fsp3) is 0.227. The lowest BCUT2D eigenvalue weighted by Crippen LogP contribution is -2.26. The van der Waals surface area contributed by atoms with Crippen LogP contribution in [0.25, 0.3) is 10.9 Å². The number of hydrogen-bond donors (Lipinski definition) is 2. The number of aromatic amines is 1. The Hall–Kier alpha value is -3.61. The molecule has 2 aromatic carbocycles. The minimum absolute atomic E-state index is 0.0594. The summed E-state index contributed by atoms with van der Waals surface area (Å²) in [4.78, 5) is 28.0. The van der Waals surface area contributed by atoms with E-state index < -0.39 is 5.92 Å². The predicted octanol–water partition coefficient (Wildman–Crippen LogP) is 3.54. The first-order valence-electron chi connectivity index (χ1n) is 9.17. The molecule has 0 saturated carbocycles. The van der Waals surface area contributed by atoms with Crippen LogP contribution in [0.4, 0.5) is 0 Å². The molecule has 7 nitrogen and oxygen atoms in total. The minimum Gasteiger partial charge on any atom is -0.493 e. The minimum atomic E-state index is -0.532. The molecule has 0 saturated heterocycles. The molecule has 0 aliphatic heterocycles. The maximum atomic E-state index is 12.5. The lowest BCUT2D eigenvalue weighted by Gasteiger charge is -2.11. The molecule has 0 aliphatic carbocycles. The fourth-order valence-electron chi connectivity index (χ4n) is 2.97. The molecule has 2 N–H and O–H groups in total. The molecular formula is C22H23N3O4. The molecule has 1 atom stereocenters. The number of carbonyl (C=O) groups is 2. The third kappa shape index (κ3) is 4.63. The van der Waals surface area contributed by atoms with E-state index in [4.69, 9.17) is 9.47 Å². The van der Waals surface area contributed by atoms with Gasteiger partial charge in [-0.2, -0.15) is 5.10 Å². The van der Waals surface area contributed by atoms with E-state index in [9.17, 15) is 9.59 Å². The summed E-state index contributed by atoms with van der Waals surface area (Å²) < 4.78 is 10.4. The molecule has 0 unspecified atom stereocenters. The molecule has 1 amide bonds. The van der Waals surface area contributed by atoms with E-state index in [0.717, 1.165) is 16.5 Å². The van der Waals surface area contributed by atoms with Crippen LogP contribution in [-0.2, 0) is 4.79 Å². The van der Waals surface area contributed by atoms with E-state index in [1.807, 2.05) is 30.5 Å². The molecule has 3 aromatic rings. The summed E-state index contributed by atoms with van der Waals surface area (Å²) in [5.74, 6) is 0.0000814. The summed E-state index contributed by atoms with van der Waals surface area (Å²) in [7, 11) is 3.04. The number of hydrazone groups is 1. The molecule has 3 rings (SSSR count). The Morgan fingerprint density at radius 1 is 1.14 bits per heavy atom. The third-order valence-corrected chi connectivity index (χ3v) is 4.64. The number of carbonyl (C=O) groups excluding carboxylic acids is 2. The van der Waals surface area contributed by atoms with Crippen LogP contribution in [0.2, 0.25) is 0 Å². The highest BCUT2D eigenvalue weighted by atomic mass is 16.5. The highest BCUT2D eigenvalue weighted by Gasteiger charge is 2.19. The first-order chi connectivity index (χ1) is 14.0. The maximum Gasteiger partial charge on any atom is 0.243 e. The van der Waals surface area contributed by atoms with Gasteiger partial charge in [-0.05, 0) is 24.3 Å². The second kappa shape index (κ2) is 9.05. The number of methoxy groups -OCH3 is 2. The van der Waals surface area contributed by atoms with Crippen molar-refractivity contribution in [3.8, 4) is 11.5 Å². The number of H-pyrrole nitrogens is 1. The van der Waals surface area contributed by atoms with Crippen molar-refractivity contribution in [1.29, 1.82) is 0 Å². The average Bonchev–Trinajstić information content (AvgIpc) is 3.16. The van der Waals surface area contributed by atoms with Crippen molar-refractivity contribution in [1.82, 2.24) is 10.4 Å². The van der Waals surface area contributed by atoms with Crippen molar-refractivity contribution >= 4 is 28.8 Å². The highest BCUT2D eigenvalue weighted by Crippen LogP contribution is 2.28. The second-order valence-electron chi connectivity index (χ2n) is 6.62. The number of aromatic nitrogens is 1. The Labute approximate surface area is 168 Å². The number of para-hydroxylation sites is 1. The lowest BCUT2D eigenvalue weighted by atomic mass is 9.99. The smallest absolute Gasteiger partial charge is 0.243 e. The van der Waals surface area contributed by atoms with Gasteiger partial charge < -0.3 is 14.5 Å². The molecule has 0 radical (unpaired) electrons. The van der Waals surface area contributed by atoms with E-state index in [1.165, 1.54) is 14.2 Å². The summed E-state index contributed by atoms with van der Waals surface area (Å²) >= 11 is 0. The first kappa shape index (κ1) is 20.1. The molecule has 0 aliphatic rings. The number of Topliss-reactive ketones (excluding diaryl/α,β-unsaturated/α-hetero) is 1. The second-order valence-corrected chi connectivity index (χ2v) is 6.62. The zero-order chi connectivity index (χ0) is 20.8. The van der Waals surface area contributed by atoms with Gasteiger partial charge >= 0.3 is 0 Å². The fourth-order valence-corrected chi connectivity index (χ4v) is 2.97. The molecule has 0 fully saturated rings. The van der Waals surface area contributed by atoms with Gasteiger partial charge in [0.15, 0.2) is 17.3 Å². The van der Waals surface area contributed by atoms with Gasteiger partial charge in [0.1, 0.15) is 0 Å². The molecule has 0 spiro atoms. The normalized spacial score (nSPS) is 12.1. The van der Waals surface area contributed by atoms with Crippen molar-refractivity contribution in [3.63, 3.8) is 0 Å². The van der Waals surface area contributed by atoms with Crippen molar-refractivity contribution in [2.75, 3.05) is 14.2 Å². The van der Waals surface area contributed by atoms with Crippen LogP contribution in [0.3, 0.4) is 0 Å². The van der Waals surface area contributed by atoms with Crippen LogP contribution >= 0.6 is 0 Å². The SMILES string of the molecule is COc1ccc(C(=O)C[C@@H](C)C(=O)N/N=C/c2c[nH]c3ccccc23)cc1OC. The molecule has 29 heavy (non-hydrogen) atoms. The van der Waals surface area contributed by atoms with Gasteiger partial charge in [0.25, 0.3) is 0 Å². The van der Waals surface area contributed by atoms with E-state index in [1.54, 1.807) is 31.3 Å². The van der Waals surface area contributed by atoms with Gasteiger partial charge in [-0.15, -0.1) is 0 Å². The van der Waals surface area contributed by atoms with Crippen molar-refractivity contribution < 1.29 is 19.1 Å². The number of rotatable bonds is 8. The Morgan fingerprint density at radius 3 is 2.66 bits per heavy atom. The Balaban J connectivity index is 1.59. The van der Waals surface area contributed by atoms with Gasteiger partial charge in [-0.1, -0.05) is 25.1 Å². The van der Waals surface area contributed by atoms with E-state index in [0.29, 0.717) is 17.1 Å². The molecule has 1 heterocycles. The van der Waals surface area contributed by atoms with E-state index in [2.05, 4.69) is 15.5 Å². The third-order valence-electron chi connectivity index (χ3n) is 4.64. The molecular weight excluding hydrogens is 370 g/mol. The maximum absolute atomic E-state index is 12.5. The van der Waals surface area contributed by atoms with Crippen LogP contribution in [-0.4, -0.2) is 37.1 Å². The molecule has 150 valence electrons. The van der Waals surface area contributed by atoms with E-state index >= 15 is 0 Å². The topological polar surface area (TPSA) is 92.8 Å². The summed E-state index contributed by atoms with van der Waals surface area (Å²) in [6.45, 7) is 1.69. The Kier molecular flexibility index (Phi) is 6.29. The van der Waals surface area contributed by atoms with Gasteiger partial charge in [-0.25, -0.2) is 5.43 Å². The number of nitrogens with one attached hydrogen (secondary N) is 2. The number of fused-ring (bicyclic) bond motifs is 1. The number of benzene rings is 2. The first-order valence-corrected chi connectivity index (χ1v) is 9.17. The Morgan fingerprint density at radius 2 is 1.90 bits per heavy atom. The largest absolute Gasteiger partial charge is 0.493 e. The lowest BCUT2D eigenvalue weighted by molar-refractivity contribution is -0.124. The van der Waals surface area contributed by atoms with Crippen LogP contribution < -0.4 is 14.9 Å². The zero-order valence-electron chi connectivity index (χ0n) is 16.6. The molecule has 7 heteroatoms. The summed E-state index contributed by atoms with van der Waals surface area (Å²) in [5.41, 5.74) is 4.83. The standard InChI is InChI=1S/C22H23N3O4/c1-14(10-19(26)15-8-9-20(28-2)21(11-15)29-3)22(27)25-24-13-16-12-23-18-7-5-4-6-17(16)18/h4-9,11-14,23H,10H2,1-3H3,(H,25,27)/b24-13+/t14-/m1/s1. The van der Waals surface area contributed by atoms with Crippen LogP contribution in [0, 0.1) is 5.92 Å². The van der Waals surface area contributed by atoms with Crippen LogP contribution in [0.5, 0.6) is 11.5 Å². The van der Waals surface area contributed by atoms with Gasteiger partial charge in [0.05, 0.1) is 20.4 Å². The number of hydrogen-bond acceptors (Lipinski definition) is 5. The van der Waals surface area contributed by atoms with Gasteiger partial charge in [-0.3, -0.25) is 9.59 Å². The number of nitrogens with zero attached hydrogens (tertiary/aromatic N) is 1. The number of ether oxygens (including phenoxy) is 2. The number of ketones is 1. The zero-order valence-corrected chi connectivity index (χ0v) is 16.6. The average molecular weight is 393 g/mol. The molecule has 0 bridgehead atoms. The van der Waals surface area contributed by atoms with E-state index in [-0.39, 0.29) is 18.1 Å². The highest BCUT2D eigenvalue weighted by molar-refractivity contribution is 6.00.